The monoisotopic (exact) mass is 337 g/mol. The highest BCUT2D eigenvalue weighted by Gasteiger charge is 2.20. The van der Waals surface area contributed by atoms with Crippen molar-refractivity contribution >= 4 is 5.97 Å². The average Bonchev–Trinajstić information content (AvgIpc) is 2.58. The van der Waals surface area contributed by atoms with Crippen molar-refractivity contribution in [3.63, 3.8) is 0 Å². The zero-order valence-corrected chi connectivity index (χ0v) is 14.7. The maximum absolute atomic E-state index is 11.8. The largest absolute Gasteiger partial charge is 0.504 e. The van der Waals surface area contributed by atoms with Crippen molar-refractivity contribution in [1.29, 1.82) is 0 Å². The summed E-state index contributed by atoms with van der Waals surface area (Å²) in [6, 6.07) is 4.59. The molecule has 1 aromatic rings. The molecule has 0 aromatic heterocycles. The highest BCUT2D eigenvalue weighted by molar-refractivity contribution is 5.72. The molecule has 0 aliphatic heterocycles. The van der Waals surface area contributed by atoms with Gasteiger partial charge in [-0.1, -0.05) is 64.4 Å². The molecule has 0 amide bonds. The van der Waals surface area contributed by atoms with Gasteiger partial charge in [-0.3, -0.25) is 4.79 Å². The van der Waals surface area contributed by atoms with Gasteiger partial charge in [0.2, 0.25) is 0 Å². The van der Waals surface area contributed by atoms with Crippen molar-refractivity contribution in [2.24, 2.45) is 11.8 Å². The van der Waals surface area contributed by atoms with Crippen molar-refractivity contribution < 1.29 is 19.8 Å². The molecule has 1 unspecified atom stereocenters. The number of nitrogens with two attached hydrogens (primary N) is 1. The van der Waals surface area contributed by atoms with Crippen LogP contribution in [0.25, 0.3) is 0 Å². The van der Waals surface area contributed by atoms with Crippen LogP contribution in [0.4, 0.5) is 0 Å². The van der Waals surface area contributed by atoms with Gasteiger partial charge in [-0.25, -0.2) is 0 Å². The molecular weight excluding hydrogens is 306 g/mol. The van der Waals surface area contributed by atoms with E-state index in [1.165, 1.54) is 50.7 Å². The normalized spacial score (nSPS) is 12.1. The molecule has 1 atom stereocenters. The predicted molar refractivity (Wildman–Crippen MR) is 94.5 cm³/mol. The zero-order chi connectivity index (χ0) is 17.8. The Balaban J connectivity index is 2.37. The molecule has 1 rings (SSSR count). The van der Waals surface area contributed by atoms with E-state index in [2.05, 4.69) is 11.8 Å². The Morgan fingerprint density at radius 3 is 2.25 bits per heavy atom. The quantitative estimate of drug-likeness (QED) is 0.302. The number of aromatic hydroxyl groups is 2. The van der Waals surface area contributed by atoms with E-state index < -0.39 is 5.97 Å². The van der Waals surface area contributed by atoms with Gasteiger partial charge in [-0.05, 0) is 30.5 Å². The lowest BCUT2D eigenvalue weighted by molar-refractivity contribution is -0.149. The molecule has 0 spiro atoms. The molecule has 0 fully saturated rings. The van der Waals surface area contributed by atoms with Crippen LogP contribution in [0, 0.1) is 5.92 Å². The molecule has 0 heterocycles. The molecule has 24 heavy (non-hydrogen) atoms. The van der Waals surface area contributed by atoms with Gasteiger partial charge < -0.3 is 15.1 Å². The van der Waals surface area contributed by atoms with Gasteiger partial charge in [-0.15, -0.1) is 0 Å². The lowest BCUT2D eigenvalue weighted by Crippen LogP contribution is -2.23. The second-order valence-electron chi connectivity index (χ2n) is 6.42. The van der Waals surface area contributed by atoms with Crippen molar-refractivity contribution in [1.82, 2.24) is 0 Å². The van der Waals surface area contributed by atoms with E-state index in [9.17, 15) is 15.0 Å². The number of rotatable bonds is 12. The van der Waals surface area contributed by atoms with Gasteiger partial charge >= 0.3 is 5.97 Å². The third kappa shape index (κ3) is 7.68. The summed E-state index contributed by atoms with van der Waals surface area (Å²) in [5.74, 6) is 3.95. The number of benzene rings is 1. The van der Waals surface area contributed by atoms with Gasteiger partial charge in [0.15, 0.2) is 11.5 Å². The number of unbranched alkanes of at least 4 members (excludes halogenated alkanes) is 7. The Morgan fingerprint density at radius 2 is 1.67 bits per heavy atom. The average molecular weight is 337 g/mol. The first kappa shape index (κ1) is 20.3. The van der Waals surface area contributed by atoms with E-state index in [0.29, 0.717) is 12.8 Å². The van der Waals surface area contributed by atoms with Crippen LogP contribution in [0.1, 0.15) is 70.3 Å². The van der Waals surface area contributed by atoms with Crippen LogP contribution in [-0.2, 0) is 16.1 Å². The fourth-order valence-electron chi connectivity index (χ4n) is 2.90. The summed E-state index contributed by atoms with van der Waals surface area (Å²) in [6.07, 6.45) is 10.8. The van der Waals surface area contributed by atoms with Gasteiger partial charge in [0.05, 0.1) is 5.92 Å². The number of carbonyl (C=O) groups excluding carboxylic acids is 1. The Kier molecular flexibility index (Phi) is 9.92. The highest BCUT2D eigenvalue weighted by atomic mass is 16.7. The summed E-state index contributed by atoms with van der Waals surface area (Å²) < 4.78 is 0. The molecule has 136 valence electrons. The molecule has 4 N–H and O–H groups in total. The van der Waals surface area contributed by atoms with Gasteiger partial charge in [0, 0.05) is 0 Å². The fraction of sp³-hybridized carbons (Fsp3) is 0.632. The Hall–Kier alpha value is -1.75. The molecule has 0 aliphatic rings. The molecule has 0 saturated carbocycles. The topological polar surface area (TPSA) is 92.8 Å². The summed E-state index contributed by atoms with van der Waals surface area (Å²) in [5.41, 5.74) is 0.778. The maximum atomic E-state index is 11.8. The van der Waals surface area contributed by atoms with Crippen molar-refractivity contribution in [2.45, 2.75) is 71.1 Å². The summed E-state index contributed by atoms with van der Waals surface area (Å²) in [5, 5.41) is 18.9. The van der Waals surface area contributed by atoms with E-state index in [1.54, 1.807) is 6.07 Å². The SMILES string of the molecule is CCCCCCCCCCC(Cc1ccc(O)c(O)c1)C(=O)ON. The molecular formula is C19H31NO4. The minimum atomic E-state index is -0.425. The molecule has 5 nitrogen and oxygen atoms in total. The van der Waals surface area contributed by atoms with Crippen LogP contribution in [0.2, 0.25) is 0 Å². The second kappa shape index (κ2) is 11.7. The Labute approximate surface area is 144 Å². The van der Waals surface area contributed by atoms with Crippen LogP contribution in [0.15, 0.2) is 18.2 Å². The van der Waals surface area contributed by atoms with Crippen LogP contribution < -0.4 is 5.90 Å². The van der Waals surface area contributed by atoms with Crippen molar-refractivity contribution in [3.05, 3.63) is 23.8 Å². The van der Waals surface area contributed by atoms with Gasteiger partial charge in [0.1, 0.15) is 0 Å². The summed E-state index contributed by atoms with van der Waals surface area (Å²) >= 11 is 0. The summed E-state index contributed by atoms with van der Waals surface area (Å²) in [7, 11) is 0. The van der Waals surface area contributed by atoms with Crippen LogP contribution in [0.5, 0.6) is 11.5 Å². The number of hydrogen-bond donors (Lipinski definition) is 3. The van der Waals surface area contributed by atoms with Gasteiger partial charge in [0.25, 0.3) is 0 Å². The summed E-state index contributed by atoms with van der Waals surface area (Å²) in [6.45, 7) is 2.21. The van der Waals surface area contributed by atoms with E-state index in [1.807, 2.05) is 0 Å². The minimum absolute atomic E-state index is 0.167. The zero-order valence-electron chi connectivity index (χ0n) is 14.7. The molecule has 0 saturated heterocycles. The number of phenolic OH excluding ortho intramolecular Hbond substituents is 2. The van der Waals surface area contributed by atoms with Gasteiger partial charge in [-0.2, -0.15) is 5.90 Å². The minimum Gasteiger partial charge on any atom is -0.504 e. The number of hydrogen-bond acceptors (Lipinski definition) is 5. The fourth-order valence-corrected chi connectivity index (χ4v) is 2.90. The van der Waals surface area contributed by atoms with Crippen LogP contribution in [0.3, 0.4) is 0 Å². The third-order valence-corrected chi connectivity index (χ3v) is 4.38. The smallest absolute Gasteiger partial charge is 0.327 e. The van der Waals surface area contributed by atoms with Crippen LogP contribution in [-0.4, -0.2) is 16.2 Å². The Morgan fingerprint density at radius 1 is 1.04 bits per heavy atom. The molecule has 0 bridgehead atoms. The first-order valence-corrected chi connectivity index (χ1v) is 9.00. The first-order chi connectivity index (χ1) is 11.6. The van der Waals surface area contributed by atoms with Crippen LogP contribution >= 0.6 is 0 Å². The van der Waals surface area contributed by atoms with E-state index in [0.717, 1.165) is 18.4 Å². The van der Waals surface area contributed by atoms with Crippen molar-refractivity contribution in [2.75, 3.05) is 0 Å². The van der Waals surface area contributed by atoms with Crippen molar-refractivity contribution in [3.8, 4) is 11.5 Å². The molecule has 0 radical (unpaired) electrons. The van der Waals surface area contributed by atoms with E-state index in [4.69, 9.17) is 5.90 Å². The number of carbonyl (C=O) groups is 1. The molecule has 1 aromatic carbocycles. The predicted octanol–water partition coefficient (Wildman–Crippen LogP) is 4.20. The van der Waals surface area contributed by atoms with E-state index in [-0.39, 0.29) is 17.4 Å². The second-order valence-corrected chi connectivity index (χ2v) is 6.42. The summed E-state index contributed by atoms with van der Waals surface area (Å²) in [4.78, 5) is 16.3. The third-order valence-electron chi connectivity index (χ3n) is 4.38. The highest BCUT2D eigenvalue weighted by Crippen LogP contribution is 2.27. The lowest BCUT2D eigenvalue weighted by atomic mass is 9.93. The molecule has 5 heteroatoms. The standard InChI is InChI=1S/C19H31NO4/c1-2-3-4-5-6-7-8-9-10-16(19(23)24-20)13-15-11-12-17(21)18(22)14-15/h11-12,14,16,21-22H,2-10,13,20H2,1H3. The first-order valence-electron chi connectivity index (χ1n) is 9.00. The Bertz CT molecular complexity index is 490. The molecule has 0 aliphatic carbocycles. The van der Waals surface area contributed by atoms with E-state index >= 15 is 0 Å². The lowest BCUT2D eigenvalue weighted by Gasteiger charge is -2.14. The maximum Gasteiger partial charge on any atom is 0.327 e. The number of phenols is 2.